The van der Waals surface area contributed by atoms with Gasteiger partial charge in [0.1, 0.15) is 24.6 Å². The van der Waals surface area contributed by atoms with E-state index >= 15 is 0 Å². The molecule has 21 heteroatoms. The van der Waals surface area contributed by atoms with Crippen LogP contribution >= 0.6 is 0 Å². The highest BCUT2D eigenvalue weighted by atomic mass is 32.2. The predicted molar refractivity (Wildman–Crippen MR) is 222 cm³/mol. The molecule has 1 unspecified atom stereocenters. The Kier molecular flexibility index (Phi) is 14.8. The first-order chi connectivity index (χ1) is 27.1. The smallest absolute Gasteiger partial charge is 0.303 e. The molecule has 0 amide bonds. The fourth-order valence-electron chi connectivity index (χ4n) is 7.09. The van der Waals surface area contributed by atoms with E-state index in [0.29, 0.717) is 45.0 Å². The van der Waals surface area contributed by atoms with Gasteiger partial charge in [0.15, 0.2) is 0 Å². The van der Waals surface area contributed by atoms with Crippen LogP contribution in [0.25, 0.3) is 17.4 Å². The van der Waals surface area contributed by atoms with Crippen LogP contribution in [0.15, 0.2) is 69.6 Å². The Morgan fingerprint density at radius 3 is 1.95 bits per heavy atom. The first kappa shape index (κ1) is 47.7. The Morgan fingerprint density at radius 2 is 1.41 bits per heavy atom. The number of hydrogen-bond donors (Lipinski definition) is 5. The summed E-state index contributed by atoms with van der Waals surface area (Å²) in [6, 6.07) is 11.1. The number of rotatable bonds is 19. The number of anilines is 1. The molecule has 1 atom stereocenters. The quantitative estimate of drug-likeness (QED) is 0.0820. The Hall–Kier alpha value is -3.96. The molecule has 17 nitrogen and oxygen atoms in total. The van der Waals surface area contributed by atoms with Gasteiger partial charge in [-0.05, 0) is 73.7 Å². The SMILES string of the molecule is CC(C)(C)c1cc(/C=C/C=C2/N(CCCC(=O)O)c3ccc(S(=O)(=O)O)cc3C2(C)CCCS(=O)(=O)O)c2ccc(=[N+](CCCS(=O)(=O)O)CCCS(=O)(=O)O)cc-2o1. The highest BCUT2D eigenvalue weighted by Gasteiger charge is 2.43. The van der Waals surface area contributed by atoms with Crippen LogP contribution in [0.1, 0.15) is 83.1 Å². The van der Waals surface area contributed by atoms with Crippen molar-refractivity contribution in [1.82, 2.24) is 4.58 Å². The summed E-state index contributed by atoms with van der Waals surface area (Å²) < 4.78 is 140. The molecule has 1 aliphatic carbocycles. The highest BCUT2D eigenvalue weighted by Crippen LogP contribution is 2.51. The molecule has 5 N–H and O–H groups in total. The van der Waals surface area contributed by atoms with Crippen molar-refractivity contribution in [1.29, 1.82) is 0 Å². The van der Waals surface area contributed by atoms with Crippen molar-refractivity contribution in [2.75, 3.05) is 41.8 Å². The second kappa shape index (κ2) is 18.3. The van der Waals surface area contributed by atoms with Crippen LogP contribution in [-0.2, 0) is 56.1 Å². The Bertz CT molecular complexity index is 2570. The largest absolute Gasteiger partial charge is 0.481 e. The van der Waals surface area contributed by atoms with Gasteiger partial charge in [-0.3, -0.25) is 23.0 Å². The van der Waals surface area contributed by atoms with E-state index in [1.165, 1.54) is 18.2 Å². The first-order valence-corrected chi connectivity index (χ1v) is 24.9. The lowest BCUT2D eigenvalue weighted by Gasteiger charge is -2.30. The minimum Gasteiger partial charge on any atom is -0.481 e. The third-order valence-electron chi connectivity index (χ3n) is 9.94. The molecule has 1 aromatic rings. The van der Waals surface area contributed by atoms with Crippen molar-refractivity contribution in [3.8, 4) is 11.3 Å². The maximum atomic E-state index is 12.2. The minimum atomic E-state index is -4.65. The standard InChI is InChI=1S/C38H50N2O15S4/c1-37(2,3)35-24-27(30-15-13-28(25-33(30)55-35)39(18-8-22-57(46,47)48)19-9-23-58(49,50)51)10-5-11-34-38(4,17-7-21-56(43,44)45)31-26-29(59(52,53)54)14-16-32(31)40(34)20-6-12-36(41)42/h5,10-11,13-16,24-26H,6-9,12,17-23H2,1-4H3,(H4-,41,42,43,44,45,46,47,48,49,50,51,52,53,54)/p+1. The van der Waals surface area contributed by atoms with Gasteiger partial charge in [0.05, 0.1) is 28.2 Å². The summed E-state index contributed by atoms with van der Waals surface area (Å²) in [5.74, 6) is -1.65. The number of hydrogen-bond acceptors (Lipinski definition) is 11. The zero-order chi connectivity index (χ0) is 44.2. The van der Waals surface area contributed by atoms with E-state index in [4.69, 9.17) is 4.42 Å². The van der Waals surface area contributed by atoms with E-state index in [1.54, 1.807) is 47.9 Å². The molecule has 3 aliphatic rings. The fourth-order valence-corrected chi connectivity index (χ4v) is 9.09. The van der Waals surface area contributed by atoms with Gasteiger partial charge >= 0.3 is 5.97 Å². The van der Waals surface area contributed by atoms with Crippen molar-refractivity contribution >= 4 is 58.2 Å². The number of carboxylic acid groups (broad SMARTS) is 1. The molecule has 2 heterocycles. The second-order valence-electron chi connectivity index (χ2n) is 15.7. The highest BCUT2D eigenvalue weighted by molar-refractivity contribution is 7.86. The van der Waals surface area contributed by atoms with Gasteiger partial charge in [0, 0.05) is 59.7 Å². The van der Waals surface area contributed by atoms with Crippen molar-refractivity contribution in [2.24, 2.45) is 0 Å². The van der Waals surface area contributed by atoms with Gasteiger partial charge in [-0.25, -0.2) is 4.58 Å². The van der Waals surface area contributed by atoms with Gasteiger partial charge < -0.3 is 14.4 Å². The number of nitrogens with zero attached hydrogens (tertiary/aromatic N) is 2. The van der Waals surface area contributed by atoms with Crippen LogP contribution in [-0.4, -0.2) is 99.9 Å². The molecule has 2 aliphatic heterocycles. The molecule has 59 heavy (non-hydrogen) atoms. The van der Waals surface area contributed by atoms with Crippen LogP contribution in [0.3, 0.4) is 0 Å². The van der Waals surface area contributed by atoms with Crippen molar-refractivity contribution in [3.63, 3.8) is 0 Å². The van der Waals surface area contributed by atoms with Gasteiger partial charge in [-0.2, -0.15) is 33.7 Å². The van der Waals surface area contributed by atoms with Gasteiger partial charge in [-0.15, -0.1) is 0 Å². The molecule has 4 rings (SSSR count). The van der Waals surface area contributed by atoms with Crippen LogP contribution < -0.4 is 14.8 Å². The van der Waals surface area contributed by atoms with E-state index in [9.17, 15) is 61.8 Å². The Balaban J connectivity index is 1.90. The van der Waals surface area contributed by atoms with E-state index in [-0.39, 0.29) is 63.1 Å². The van der Waals surface area contributed by atoms with Gasteiger partial charge in [-0.1, -0.05) is 32.9 Å². The van der Waals surface area contributed by atoms with E-state index in [1.807, 2.05) is 31.7 Å². The maximum absolute atomic E-state index is 12.2. The average Bonchev–Trinajstić information content (AvgIpc) is 3.30. The summed E-state index contributed by atoms with van der Waals surface area (Å²) in [4.78, 5) is 12.9. The molecule has 0 fully saturated rings. The predicted octanol–water partition coefficient (Wildman–Crippen LogP) is 4.46. The third kappa shape index (κ3) is 13.5. The van der Waals surface area contributed by atoms with Crippen LogP contribution in [0, 0.1) is 0 Å². The summed E-state index contributed by atoms with van der Waals surface area (Å²) in [6.07, 6.45) is 5.45. The zero-order valence-corrected chi connectivity index (χ0v) is 36.4. The monoisotopic (exact) mass is 903 g/mol. The summed E-state index contributed by atoms with van der Waals surface area (Å²) in [5.41, 5.74) is 1.31. The number of benzene rings is 2. The lowest BCUT2D eigenvalue weighted by Crippen LogP contribution is -2.33. The summed E-state index contributed by atoms with van der Waals surface area (Å²) in [5, 5.41) is 9.95. The normalized spacial score (nSPS) is 17.3. The van der Waals surface area contributed by atoms with Crippen molar-refractivity contribution < 1.29 is 66.2 Å². The molecule has 0 bridgehead atoms. The van der Waals surface area contributed by atoms with E-state index in [0.717, 1.165) is 0 Å². The van der Waals surface area contributed by atoms with E-state index < -0.39 is 74.5 Å². The van der Waals surface area contributed by atoms with Crippen LogP contribution in [0.4, 0.5) is 5.69 Å². The van der Waals surface area contributed by atoms with Crippen LogP contribution in [0.5, 0.6) is 0 Å². The number of carboxylic acids is 1. The summed E-state index contributed by atoms with van der Waals surface area (Å²) in [7, 11) is -17.5. The topological polar surface area (TPSA) is 274 Å². The minimum absolute atomic E-state index is 0.0215. The maximum Gasteiger partial charge on any atom is 0.303 e. The Morgan fingerprint density at radius 1 is 0.814 bits per heavy atom. The molecule has 1 aromatic carbocycles. The lowest BCUT2D eigenvalue weighted by molar-refractivity contribution is -0.137. The van der Waals surface area contributed by atoms with E-state index in [2.05, 4.69) is 0 Å². The number of allylic oxidation sites excluding steroid dienone is 3. The summed E-state index contributed by atoms with van der Waals surface area (Å²) in [6.45, 7) is 8.03. The number of fused-ring (bicyclic) bond motifs is 2. The second-order valence-corrected chi connectivity index (χ2v) is 21.8. The lowest BCUT2D eigenvalue weighted by atomic mass is 9.77. The zero-order valence-electron chi connectivity index (χ0n) is 33.1. The Labute approximate surface area is 345 Å². The molecule has 0 aromatic heterocycles. The summed E-state index contributed by atoms with van der Waals surface area (Å²) >= 11 is 0. The van der Waals surface area contributed by atoms with Gasteiger partial charge in [0.25, 0.3) is 40.5 Å². The fraction of sp³-hybridized carbons (Fsp3) is 0.474. The molecular weight excluding hydrogens is 853 g/mol. The molecule has 0 radical (unpaired) electrons. The number of carbonyl (C=O) groups is 1. The van der Waals surface area contributed by atoms with Gasteiger partial charge in [0.2, 0.25) is 5.36 Å². The molecule has 0 saturated heterocycles. The molecule has 0 spiro atoms. The molecule has 326 valence electrons. The van der Waals surface area contributed by atoms with Crippen LogP contribution in [0.2, 0.25) is 0 Å². The molecule has 0 saturated carbocycles. The van der Waals surface area contributed by atoms with Crippen molar-refractivity contribution in [2.45, 2.75) is 81.9 Å². The average molecular weight is 904 g/mol. The number of aliphatic carboxylic acids is 1. The molecular formula is C38H51N2O15S4+. The van der Waals surface area contributed by atoms with Crippen molar-refractivity contribution in [3.05, 3.63) is 82.6 Å². The third-order valence-corrected chi connectivity index (χ3v) is 13.2. The first-order valence-electron chi connectivity index (χ1n) is 18.6.